The van der Waals surface area contributed by atoms with Gasteiger partial charge >= 0.3 is 0 Å². The van der Waals surface area contributed by atoms with E-state index in [1.807, 2.05) is 0 Å². The first-order valence-electron chi connectivity index (χ1n) is 8.10. The zero-order valence-corrected chi connectivity index (χ0v) is 13.3. The molecule has 1 fully saturated rings. The van der Waals surface area contributed by atoms with Crippen molar-refractivity contribution in [3.63, 3.8) is 0 Å². The van der Waals surface area contributed by atoms with Gasteiger partial charge in [-0.3, -0.25) is 4.79 Å². The van der Waals surface area contributed by atoms with E-state index in [1.165, 1.54) is 18.9 Å². The highest BCUT2D eigenvalue weighted by Gasteiger charge is 2.21. The van der Waals surface area contributed by atoms with Crippen LogP contribution < -0.4 is 5.32 Å². The van der Waals surface area contributed by atoms with Crippen molar-refractivity contribution >= 4 is 5.91 Å². The molecular weight excluding hydrogens is 311 g/mol. The zero-order chi connectivity index (χ0) is 16.9. The summed E-state index contributed by atoms with van der Waals surface area (Å²) < 4.78 is 21.2. The molecule has 1 atom stereocenters. The molecule has 24 heavy (non-hydrogen) atoms. The van der Waals surface area contributed by atoms with E-state index >= 15 is 0 Å². The van der Waals surface area contributed by atoms with Crippen molar-refractivity contribution in [3.05, 3.63) is 54.1 Å². The van der Waals surface area contributed by atoms with Crippen LogP contribution in [0, 0.1) is 11.7 Å². The van der Waals surface area contributed by atoms with Crippen LogP contribution in [0.25, 0.3) is 5.69 Å². The molecule has 0 bridgehead atoms. The van der Waals surface area contributed by atoms with Crippen molar-refractivity contribution in [1.82, 2.24) is 9.88 Å². The number of aliphatic hydroxyl groups excluding tert-OH is 1. The number of aromatic nitrogens is 1. The van der Waals surface area contributed by atoms with E-state index in [2.05, 4.69) is 5.32 Å². The second-order valence-electron chi connectivity index (χ2n) is 6.10. The molecule has 3 rings (SSSR count). The Bertz CT molecular complexity index is 684. The van der Waals surface area contributed by atoms with Crippen molar-refractivity contribution < 1.29 is 19.0 Å². The van der Waals surface area contributed by atoms with Crippen LogP contribution in [0.15, 0.2) is 42.7 Å². The molecule has 1 aliphatic carbocycles. The molecule has 2 aromatic rings. The summed E-state index contributed by atoms with van der Waals surface area (Å²) in [4.78, 5) is 12.1. The Morgan fingerprint density at radius 3 is 2.79 bits per heavy atom. The molecular formula is C18H21FN2O3. The number of amides is 1. The fourth-order valence-corrected chi connectivity index (χ4v) is 2.38. The SMILES string of the molecule is O=C(NCC(O)COCC1CC1)c1ccc(-n2cccc2)c(F)c1. The third kappa shape index (κ3) is 4.43. The lowest BCUT2D eigenvalue weighted by molar-refractivity contribution is 0.0320. The number of hydrogen-bond acceptors (Lipinski definition) is 3. The molecule has 1 unspecified atom stereocenters. The fourth-order valence-electron chi connectivity index (χ4n) is 2.38. The monoisotopic (exact) mass is 332 g/mol. The first-order valence-corrected chi connectivity index (χ1v) is 8.10. The Balaban J connectivity index is 1.50. The average molecular weight is 332 g/mol. The highest BCUT2D eigenvalue weighted by atomic mass is 19.1. The smallest absolute Gasteiger partial charge is 0.251 e. The van der Waals surface area contributed by atoms with Gasteiger partial charge in [0.25, 0.3) is 5.91 Å². The molecule has 1 saturated carbocycles. The van der Waals surface area contributed by atoms with Crippen molar-refractivity contribution in [1.29, 1.82) is 0 Å². The lowest BCUT2D eigenvalue weighted by Gasteiger charge is -2.13. The molecule has 128 valence electrons. The van der Waals surface area contributed by atoms with Crippen LogP contribution in [0.5, 0.6) is 0 Å². The van der Waals surface area contributed by atoms with Gasteiger partial charge < -0.3 is 19.7 Å². The fraction of sp³-hybridized carbons (Fsp3) is 0.389. The number of halogens is 1. The van der Waals surface area contributed by atoms with Crippen molar-refractivity contribution in [2.24, 2.45) is 5.92 Å². The molecule has 1 aromatic heterocycles. The predicted octanol–water partition coefficient (Wildman–Crippen LogP) is 2.13. The van der Waals surface area contributed by atoms with E-state index in [-0.39, 0.29) is 18.7 Å². The van der Waals surface area contributed by atoms with Crippen molar-refractivity contribution in [2.45, 2.75) is 18.9 Å². The number of hydrogen-bond donors (Lipinski definition) is 2. The summed E-state index contributed by atoms with van der Waals surface area (Å²) in [6, 6.07) is 7.91. The van der Waals surface area contributed by atoms with Gasteiger partial charge in [-0.15, -0.1) is 0 Å². The molecule has 1 aromatic carbocycles. The first-order chi connectivity index (χ1) is 11.6. The Labute approximate surface area is 140 Å². The van der Waals surface area contributed by atoms with Gasteiger partial charge in [-0.25, -0.2) is 4.39 Å². The molecule has 0 spiro atoms. The molecule has 0 saturated heterocycles. The molecule has 0 aliphatic heterocycles. The number of nitrogens with zero attached hydrogens (tertiary/aromatic N) is 1. The first kappa shape index (κ1) is 16.7. The van der Waals surface area contributed by atoms with Gasteiger partial charge in [-0.05, 0) is 49.1 Å². The molecule has 1 heterocycles. The lowest BCUT2D eigenvalue weighted by Crippen LogP contribution is -2.34. The maximum atomic E-state index is 14.2. The standard InChI is InChI=1S/C18H21FN2O3/c19-16-9-14(5-6-17(16)21-7-1-2-8-21)18(23)20-10-15(22)12-24-11-13-3-4-13/h1-2,5-9,13,15,22H,3-4,10-12H2,(H,20,23). The predicted molar refractivity (Wildman–Crippen MR) is 87.6 cm³/mol. The molecule has 2 N–H and O–H groups in total. The van der Waals surface area contributed by atoms with E-state index in [0.29, 0.717) is 18.2 Å². The minimum absolute atomic E-state index is 0.0739. The Kier molecular flexibility index (Phi) is 5.27. The second-order valence-corrected chi connectivity index (χ2v) is 6.10. The van der Waals surface area contributed by atoms with Gasteiger partial charge in [0, 0.05) is 31.1 Å². The van der Waals surface area contributed by atoms with Gasteiger partial charge in [0.1, 0.15) is 5.82 Å². The number of aliphatic hydroxyl groups is 1. The number of rotatable bonds is 8. The third-order valence-electron chi connectivity index (χ3n) is 3.95. The summed E-state index contributed by atoms with van der Waals surface area (Å²) in [5.41, 5.74) is 0.597. The van der Waals surface area contributed by atoms with Crippen LogP contribution in [0.4, 0.5) is 4.39 Å². The largest absolute Gasteiger partial charge is 0.389 e. The minimum atomic E-state index is -0.767. The van der Waals surface area contributed by atoms with Crippen LogP contribution in [-0.4, -0.2) is 41.4 Å². The number of ether oxygens (including phenoxy) is 1. The summed E-state index contributed by atoms with van der Waals surface area (Å²) in [6.07, 6.45) is 5.08. The average Bonchev–Trinajstić information content (AvgIpc) is 3.23. The number of nitrogens with one attached hydrogen (secondary N) is 1. The van der Waals surface area contributed by atoms with Gasteiger partial charge in [-0.1, -0.05) is 0 Å². The van der Waals surface area contributed by atoms with E-state index in [4.69, 9.17) is 4.74 Å². The number of benzene rings is 1. The molecule has 5 nitrogen and oxygen atoms in total. The third-order valence-corrected chi connectivity index (χ3v) is 3.95. The van der Waals surface area contributed by atoms with E-state index in [9.17, 15) is 14.3 Å². The summed E-state index contributed by atoms with van der Waals surface area (Å²) in [5, 5.41) is 12.4. The van der Waals surface area contributed by atoms with Crippen LogP contribution in [0.1, 0.15) is 23.2 Å². The van der Waals surface area contributed by atoms with E-state index in [1.54, 1.807) is 41.2 Å². The maximum absolute atomic E-state index is 14.2. The second kappa shape index (κ2) is 7.59. The summed E-state index contributed by atoms with van der Waals surface area (Å²) in [6.45, 7) is 0.930. The quantitative estimate of drug-likeness (QED) is 0.778. The van der Waals surface area contributed by atoms with Crippen LogP contribution in [-0.2, 0) is 4.74 Å². The summed E-state index contributed by atoms with van der Waals surface area (Å²) >= 11 is 0. The maximum Gasteiger partial charge on any atom is 0.251 e. The lowest BCUT2D eigenvalue weighted by atomic mass is 10.1. The van der Waals surface area contributed by atoms with Gasteiger partial charge in [0.15, 0.2) is 0 Å². The number of carbonyl (C=O) groups excluding carboxylic acids is 1. The van der Waals surface area contributed by atoms with E-state index in [0.717, 1.165) is 0 Å². The highest BCUT2D eigenvalue weighted by molar-refractivity contribution is 5.94. The molecule has 1 aliphatic rings. The topological polar surface area (TPSA) is 63.5 Å². The number of carbonyl (C=O) groups is 1. The summed E-state index contributed by atoms with van der Waals surface area (Å²) in [7, 11) is 0. The Hall–Kier alpha value is -2.18. The Morgan fingerprint density at radius 1 is 1.38 bits per heavy atom. The van der Waals surface area contributed by atoms with Crippen LogP contribution >= 0.6 is 0 Å². The molecule has 1 amide bonds. The van der Waals surface area contributed by atoms with Crippen LogP contribution in [0.3, 0.4) is 0 Å². The normalized spacial score (nSPS) is 15.2. The summed E-state index contributed by atoms with van der Waals surface area (Å²) in [5.74, 6) is -0.269. The molecule has 0 radical (unpaired) electrons. The van der Waals surface area contributed by atoms with Gasteiger partial charge in [0.2, 0.25) is 0 Å². The van der Waals surface area contributed by atoms with Gasteiger partial charge in [-0.2, -0.15) is 0 Å². The Morgan fingerprint density at radius 2 is 2.12 bits per heavy atom. The van der Waals surface area contributed by atoms with E-state index < -0.39 is 17.8 Å². The molecule has 6 heteroatoms. The van der Waals surface area contributed by atoms with Gasteiger partial charge in [0.05, 0.1) is 18.4 Å². The minimum Gasteiger partial charge on any atom is -0.389 e. The highest BCUT2D eigenvalue weighted by Crippen LogP contribution is 2.28. The van der Waals surface area contributed by atoms with Crippen LogP contribution in [0.2, 0.25) is 0 Å². The van der Waals surface area contributed by atoms with Crippen molar-refractivity contribution in [3.8, 4) is 5.69 Å². The zero-order valence-electron chi connectivity index (χ0n) is 13.3. The van der Waals surface area contributed by atoms with Crippen molar-refractivity contribution in [2.75, 3.05) is 19.8 Å².